The molecule has 23 heavy (non-hydrogen) atoms. The van der Waals surface area contributed by atoms with Gasteiger partial charge in [0.2, 0.25) is 11.8 Å². The van der Waals surface area contributed by atoms with Crippen molar-refractivity contribution in [1.82, 2.24) is 4.90 Å². The highest BCUT2D eigenvalue weighted by Crippen LogP contribution is 2.35. The van der Waals surface area contributed by atoms with E-state index in [1.165, 1.54) is 23.4 Å². The maximum absolute atomic E-state index is 12.7. The number of benzene rings is 2. The van der Waals surface area contributed by atoms with Crippen LogP contribution < -0.4 is 5.32 Å². The first-order valence-electron chi connectivity index (χ1n) is 8.27. The monoisotopic (exact) mass is 308 g/mol. The number of hydrogen-bond donors (Lipinski definition) is 1. The smallest absolute Gasteiger partial charge is 0.247 e. The molecule has 118 valence electrons. The van der Waals surface area contributed by atoms with E-state index in [2.05, 4.69) is 29.6 Å². The van der Waals surface area contributed by atoms with Crippen LogP contribution in [0.2, 0.25) is 0 Å². The second-order valence-electron chi connectivity index (χ2n) is 6.47. The number of rotatable bonds is 2. The second-order valence-corrected chi connectivity index (χ2v) is 6.47. The van der Waals surface area contributed by atoms with Crippen LogP contribution in [0.5, 0.6) is 0 Å². The number of anilines is 1. The van der Waals surface area contributed by atoms with Gasteiger partial charge in [-0.25, -0.2) is 0 Å². The van der Waals surface area contributed by atoms with Crippen LogP contribution in [-0.2, 0) is 22.4 Å². The molecule has 1 saturated heterocycles. The van der Waals surface area contributed by atoms with Crippen molar-refractivity contribution in [3.05, 3.63) is 41.5 Å². The molecule has 1 aliphatic heterocycles. The third kappa shape index (κ3) is 2.29. The van der Waals surface area contributed by atoms with Gasteiger partial charge >= 0.3 is 0 Å². The fourth-order valence-electron chi connectivity index (χ4n) is 3.99. The highest BCUT2D eigenvalue weighted by molar-refractivity contribution is 6.06. The average Bonchev–Trinajstić information content (AvgIpc) is 3.18. The average molecular weight is 308 g/mol. The summed E-state index contributed by atoms with van der Waals surface area (Å²) in [4.78, 5) is 26.0. The van der Waals surface area contributed by atoms with E-state index in [1.54, 1.807) is 4.90 Å². The highest BCUT2D eigenvalue weighted by atomic mass is 16.2. The lowest BCUT2D eigenvalue weighted by Gasteiger charge is -2.22. The van der Waals surface area contributed by atoms with Crippen molar-refractivity contribution in [3.8, 4) is 0 Å². The van der Waals surface area contributed by atoms with E-state index in [1.807, 2.05) is 6.07 Å². The van der Waals surface area contributed by atoms with Crippen molar-refractivity contribution in [2.75, 3.05) is 11.9 Å². The summed E-state index contributed by atoms with van der Waals surface area (Å²) in [6.07, 6.45) is 3.78. The van der Waals surface area contributed by atoms with E-state index in [9.17, 15) is 9.59 Å². The van der Waals surface area contributed by atoms with Gasteiger partial charge in [0.25, 0.3) is 0 Å². The molecule has 4 heteroatoms. The van der Waals surface area contributed by atoms with Gasteiger partial charge in [0.1, 0.15) is 6.04 Å². The zero-order valence-corrected chi connectivity index (χ0v) is 13.3. The number of amides is 2. The molecule has 2 aromatic rings. The Morgan fingerprint density at radius 3 is 2.70 bits per heavy atom. The summed E-state index contributed by atoms with van der Waals surface area (Å²) in [5, 5.41) is 5.46. The van der Waals surface area contributed by atoms with Gasteiger partial charge in [0.15, 0.2) is 0 Å². The first kappa shape index (κ1) is 14.2. The first-order valence-corrected chi connectivity index (χ1v) is 8.27. The molecule has 1 aliphatic carbocycles. The number of carbonyl (C=O) groups excluding carboxylic acids is 2. The van der Waals surface area contributed by atoms with Crippen LogP contribution in [0.4, 0.5) is 5.69 Å². The van der Waals surface area contributed by atoms with Crippen LogP contribution in [0.25, 0.3) is 10.8 Å². The maximum atomic E-state index is 12.7. The zero-order chi connectivity index (χ0) is 16.0. The molecule has 1 fully saturated rings. The molecule has 1 atom stereocenters. The lowest BCUT2D eigenvalue weighted by Crippen LogP contribution is -2.42. The largest absolute Gasteiger partial charge is 0.331 e. The fourth-order valence-corrected chi connectivity index (χ4v) is 3.99. The van der Waals surface area contributed by atoms with Crippen molar-refractivity contribution in [3.63, 3.8) is 0 Å². The number of hydrogen-bond acceptors (Lipinski definition) is 2. The molecule has 0 unspecified atom stereocenters. The Hall–Kier alpha value is -2.36. The van der Waals surface area contributed by atoms with E-state index in [0.29, 0.717) is 6.54 Å². The van der Waals surface area contributed by atoms with Gasteiger partial charge in [-0.05, 0) is 48.3 Å². The van der Waals surface area contributed by atoms with Gasteiger partial charge in [-0.3, -0.25) is 9.59 Å². The zero-order valence-electron chi connectivity index (χ0n) is 13.3. The van der Waals surface area contributed by atoms with Crippen molar-refractivity contribution in [2.24, 2.45) is 0 Å². The molecule has 1 heterocycles. The Morgan fingerprint density at radius 2 is 1.91 bits per heavy atom. The minimum Gasteiger partial charge on any atom is -0.331 e. The van der Waals surface area contributed by atoms with Crippen molar-refractivity contribution < 1.29 is 9.59 Å². The van der Waals surface area contributed by atoms with Gasteiger partial charge < -0.3 is 10.2 Å². The van der Waals surface area contributed by atoms with E-state index < -0.39 is 0 Å². The number of carbonyl (C=O) groups is 2. The fraction of sp³-hybridized carbons (Fsp3) is 0.368. The second kappa shape index (κ2) is 5.37. The Morgan fingerprint density at radius 1 is 1.13 bits per heavy atom. The Labute approximate surface area is 135 Å². The third-order valence-corrected chi connectivity index (χ3v) is 5.09. The molecule has 2 aliphatic rings. The third-order valence-electron chi connectivity index (χ3n) is 5.09. The van der Waals surface area contributed by atoms with Crippen LogP contribution in [-0.4, -0.2) is 29.3 Å². The molecule has 0 aromatic heterocycles. The highest BCUT2D eigenvalue weighted by Gasteiger charge is 2.32. The minimum atomic E-state index is -0.337. The summed E-state index contributed by atoms with van der Waals surface area (Å²) >= 11 is 0. The van der Waals surface area contributed by atoms with Crippen molar-refractivity contribution in [1.29, 1.82) is 0 Å². The molecule has 0 bridgehead atoms. The summed E-state index contributed by atoms with van der Waals surface area (Å²) in [5.74, 6) is -0.0977. The van der Waals surface area contributed by atoms with Crippen molar-refractivity contribution in [2.45, 2.75) is 38.6 Å². The predicted molar refractivity (Wildman–Crippen MR) is 90.4 cm³/mol. The number of aryl methyl sites for hydroxylation is 2. The standard InChI is InChI=1S/C19H20N2O2/c1-12(22)21-11-3-6-17(21)19(23)20-16-10-9-14-8-7-13-4-2-5-15(16)18(13)14/h2,4-5,9-10,17H,3,6-8,11H2,1H3,(H,20,23)/t17-/m0/s1. The summed E-state index contributed by atoms with van der Waals surface area (Å²) < 4.78 is 0. The van der Waals surface area contributed by atoms with Crippen LogP contribution in [0, 0.1) is 0 Å². The molecular weight excluding hydrogens is 288 g/mol. The lowest BCUT2D eigenvalue weighted by molar-refractivity contribution is -0.134. The maximum Gasteiger partial charge on any atom is 0.247 e. The SMILES string of the molecule is CC(=O)N1CCC[C@H]1C(=O)Nc1ccc2c3c(cccc13)CC2. The van der Waals surface area contributed by atoms with Crippen molar-refractivity contribution >= 4 is 28.3 Å². The number of likely N-dealkylation sites (tertiary alicyclic amines) is 1. The summed E-state index contributed by atoms with van der Waals surface area (Å²) in [5.41, 5.74) is 3.58. The van der Waals surface area contributed by atoms with Gasteiger partial charge in [0.05, 0.1) is 0 Å². The molecule has 0 radical (unpaired) electrons. The van der Waals surface area contributed by atoms with Gasteiger partial charge in [-0.2, -0.15) is 0 Å². The Balaban J connectivity index is 1.66. The molecule has 4 nitrogen and oxygen atoms in total. The number of nitrogens with zero attached hydrogens (tertiary/aromatic N) is 1. The molecule has 1 N–H and O–H groups in total. The summed E-state index contributed by atoms with van der Waals surface area (Å²) in [7, 11) is 0. The van der Waals surface area contributed by atoms with Crippen LogP contribution in [0.3, 0.4) is 0 Å². The lowest BCUT2D eigenvalue weighted by atomic mass is 10.0. The van der Waals surface area contributed by atoms with Crippen LogP contribution >= 0.6 is 0 Å². The topological polar surface area (TPSA) is 49.4 Å². The van der Waals surface area contributed by atoms with Gasteiger partial charge in [-0.15, -0.1) is 0 Å². The van der Waals surface area contributed by atoms with Gasteiger partial charge in [0, 0.05) is 24.5 Å². The Bertz CT molecular complexity index is 802. The predicted octanol–water partition coefficient (Wildman–Crippen LogP) is 2.89. The summed E-state index contributed by atoms with van der Waals surface area (Å²) in [6, 6.07) is 10.1. The summed E-state index contributed by atoms with van der Waals surface area (Å²) in [6.45, 7) is 2.21. The van der Waals surface area contributed by atoms with Gasteiger partial charge in [-0.1, -0.05) is 24.3 Å². The molecule has 4 rings (SSSR count). The Kier molecular flexibility index (Phi) is 3.33. The van der Waals surface area contributed by atoms with E-state index >= 15 is 0 Å². The molecule has 2 amide bonds. The molecule has 0 saturated carbocycles. The van der Waals surface area contributed by atoms with E-state index in [0.717, 1.165) is 36.8 Å². The normalized spacial score (nSPS) is 19.3. The number of nitrogens with one attached hydrogen (secondary N) is 1. The van der Waals surface area contributed by atoms with Crippen LogP contribution in [0.1, 0.15) is 30.9 Å². The molecular formula is C19H20N2O2. The van der Waals surface area contributed by atoms with Crippen LogP contribution in [0.15, 0.2) is 30.3 Å². The first-order chi connectivity index (χ1) is 11.1. The van der Waals surface area contributed by atoms with E-state index in [4.69, 9.17) is 0 Å². The minimum absolute atomic E-state index is 0.0249. The van der Waals surface area contributed by atoms with E-state index in [-0.39, 0.29) is 17.9 Å². The quantitative estimate of drug-likeness (QED) is 0.927. The molecule has 2 aromatic carbocycles. The molecule has 0 spiro atoms.